The number of amides is 2. The summed E-state index contributed by atoms with van der Waals surface area (Å²) in [6.45, 7) is 1.19. The smallest absolute Gasteiger partial charge is 0.264 e. The molecule has 1 atom stereocenters. The molecule has 1 aromatic heterocycles. The van der Waals surface area contributed by atoms with Gasteiger partial charge in [0.05, 0.1) is 4.88 Å². The number of hydrogen-bond acceptors (Lipinski definition) is 3. The van der Waals surface area contributed by atoms with Gasteiger partial charge in [-0.3, -0.25) is 9.59 Å². The van der Waals surface area contributed by atoms with E-state index in [4.69, 9.17) is 0 Å². The number of hydrogen-bond donors (Lipinski definition) is 0. The van der Waals surface area contributed by atoms with Crippen LogP contribution in [0.3, 0.4) is 0 Å². The highest BCUT2D eigenvalue weighted by Crippen LogP contribution is 2.24. The molecule has 138 valence electrons. The summed E-state index contributed by atoms with van der Waals surface area (Å²) >= 11 is 1.43. The minimum absolute atomic E-state index is 0.0190. The highest BCUT2D eigenvalue weighted by molar-refractivity contribution is 7.12. The summed E-state index contributed by atoms with van der Waals surface area (Å²) in [6, 6.07) is 17.8. The van der Waals surface area contributed by atoms with Gasteiger partial charge >= 0.3 is 0 Å². The van der Waals surface area contributed by atoms with Gasteiger partial charge in [0.1, 0.15) is 6.04 Å². The van der Waals surface area contributed by atoms with Gasteiger partial charge in [-0.1, -0.05) is 42.5 Å². The number of rotatable bonds is 4. The van der Waals surface area contributed by atoms with E-state index >= 15 is 0 Å². The third-order valence-electron chi connectivity index (χ3n) is 5.14. The Hall–Kier alpha value is -2.66. The lowest BCUT2D eigenvalue weighted by molar-refractivity contribution is -0.134. The highest BCUT2D eigenvalue weighted by atomic mass is 32.1. The lowest BCUT2D eigenvalue weighted by Gasteiger charge is -2.28. The molecule has 1 fully saturated rings. The highest BCUT2D eigenvalue weighted by Gasteiger charge is 2.36. The Kier molecular flexibility index (Phi) is 4.94. The SMILES string of the molecule is CN(Cc1ccc2ccccc2c1)C(=O)[C@@H]1CCCN1C(=O)c1cccs1. The molecule has 1 saturated heterocycles. The van der Waals surface area contributed by atoms with Crippen LogP contribution >= 0.6 is 11.3 Å². The van der Waals surface area contributed by atoms with Crippen molar-refractivity contribution in [2.75, 3.05) is 13.6 Å². The first-order valence-electron chi connectivity index (χ1n) is 9.20. The van der Waals surface area contributed by atoms with Crippen LogP contribution in [0.2, 0.25) is 0 Å². The summed E-state index contributed by atoms with van der Waals surface area (Å²) in [7, 11) is 1.82. The molecule has 0 unspecified atom stereocenters. The minimum atomic E-state index is -0.356. The average molecular weight is 378 g/mol. The van der Waals surface area contributed by atoms with Crippen LogP contribution in [0.4, 0.5) is 0 Å². The Morgan fingerprint density at radius 1 is 1.11 bits per heavy atom. The van der Waals surface area contributed by atoms with Crippen molar-refractivity contribution in [1.29, 1.82) is 0 Å². The standard InChI is InChI=1S/C22H22N2O2S/c1-23(15-16-10-11-17-6-2-3-7-18(17)14-16)21(25)19-8-4-12-24(19)22(26)20-9-5-13-27-20/h2-3,5-7,9-11,13-14,19H,4,8,12,15H2,1H3/t19-/m0/s1. The maximum Gasteiger partial charge on any atom is 0.264 e. The summed E-state index contributed by atoms with van der Waals surface area (Å²) in [5, 5.41) is 4.26. The molecule has 5 heteroatoms. The summed E-state index contributed by atoms with van der Waals surface area (Å²) in [5.74, 6) is -0.00878. The lowest BCUT2D eigenvalue weighted by Crippen LogP contribution is -2.46. The molecule has 1 aliphatic heterocycles. The molecule has 0 N–H and O–H groups in total. The average Bonchev–Trinajstić information content (AvgIpc) is 3.38. The molecule has 0 radical (unpaired) electrons. The zero-order chi connectivity index (χ0) is 18.8. The fourth-order valence-electron chi connectivity index (χ4n) is 3.75. The van der Waals surface area contributed by atoms with Gasteiger partial charge in [0.2, 0.25) is 5.91 Å². The van der Waals surface area contributed by atoms with E-state index in [0.29, 0.717) is 18.0 Å². The van der Waals surface area contributed by atoms with E-state index in [1.54, 1.807) is 9.80 Å². The van der Waals surface area contributed by atoms with E-state index < -0.39 is 0 Å². The second kappa shape index (κ2) is 7.53. The first-order valence-corrected chi connectivity index (χ1v) is 10.1. The summed E-state index contributed by atoms with van der Waals surface area (Å²) in [6.07, 6.45) is 1.61. The van der Waals surface area contributed by atoms with Crippen molar-refractivity contribution in [3.05, 3.63) is 70.4 Å². The van der Waals surface area contributed by atoms with Crippen LogP contribution in [0.5, 0.6) is 0 Å². The van der Waals surface area contributed by atoms with Gasteiger partial charge in [0, 0.05) is 20.1 Å². The van der Waals surface area contributed by atoms with Crippen LogP contribution in [0.25, 0.3) is 10.8 Å². The molecule has 4 nitrogen and oxygen atoms in total. The largest absolute Gasteiger partial charge is 0.340 e. The van der Waals surface area contributed by atoms with Crippen molar-refractivity contribution in [3.63, 3.8) is 0 Å². The van der Waals surface area contributed by atoms with Gasteiger partial charge in [0.25, 0.3) is 5.91 Å². The zero-order valence-electron chi connectivity index (χ0n) is 15.3. The number of fused-ring (bicyclic) bond motifs is 1. The van der Waals surface area contributed by atoms with Crippen LogP contribution in [0.1, 0.15) is 28.1 Å². The van der Waals surface area contributed by atoms with Gasteiger partial charge in [-0.2, -0.15) is 0 Å². The third kappa shape index (κ3) is 3.60. The fraction of sp³-hybridized carbons (Fsp3) is 0.273. The number of likely N-dealkylation sites (N-methyl/N-ethyl adjacent to an activating group) is 1. The van der Waals surface area contributed by atoms with Crippen LogP contribution < -0.4 is 0 Å². The predicted octanol–water partition coefficient (Wildman–Crippen LogP) is 4.16. The Bertz CT molecular complexity index is 967. The van der Waals surface area contributed by atoms with E-state index in [2.05, 4.69) is 30.3 Å². The van der Waals surface area contributed by atoms with Crippen molar-refractivity contribution in [2.45, 2.75) is 25.4 Å². The number of carbonyl (C=O) groups is 2. The Morgan fingerprint density at radius 2 is 1.93 bits per heavy atom. The maximum absolute atomic E-state index is 13.0. The van der Waals surface area contributed by atoms with Gasteiger partial charge in [0.15, 0.2) is 0 Å². The lowest BCUT2D eigenvalue weighted by atomic mass is 10.1. The molecule has 3 aromatic rings. The second-order valence-corrected chi connectivity index (χ2v) is 7.96. The van der Waals surface area contributed by atoms with E-state index in [0.717, 1.165) is 18.4 Å². The third-order valence-corrected chi connectivity index (χ3v) is 6.00. The van der Waals surface area contributed by atoms with Crippen LogP contribution in [-0.4, -0.2) is 41.2 Å². The number of nitrogens with zero attached hydrogens (tertiary/aromatic N) is 2. The van der Waals surface area contributed by atoms with Crippen LogP contribution in [-0.2, 0) is 11.3 Å². The predicted molar refractivity (Wildman–Crippen MR) is 109 cm³/mol. The van der Waals surface area contributed by atoms with Crippen LogP contribution in [0.15, 0.2) is 60.0 Å². The maximum atomic E-state index is 13.0. The number of benzene rings is 2. The van der Waals surface area contributed by atoms with Crippen molar-refractivity contribution < 1.29 is 9.59 Å². The number of likely N-dealkylation sites (tertiary alicyclic amines) is 1. The second-order valence-electron chi connectivity index (χ2n) is 7.01. The molecule has 0 spiro atoms. The van der Waals surface area contributed by atoms with Gasteiger partial charge in [-0.05, 0) is 46.7 Å². The van der Waals surface area contributed by atoms with Crippen molar-refractivity contribution >= 4 is 33.9 Å². The number of carbonyl (C=O) groups excluding carboxylic acids is 2. The first-order chi connectivity index (χ1) is 13.1. The molecule has 2 amide bonds. The van der Waals surface area contributed by atoms with Gasteiger partial charge < -0.3 is 9.80 Å². The van der Waals surface area contributed by atoms with Gasteiger partial charge in [-0.25, -0.2) is 0 Å². The molecular formula is C22H22N2O2S. The van der Waals surface area contributed by atoms with Gasteiger partial charge in [-0.15, -0.1) is 11.3 Å². The zero-order valence-corrected chi connectivity index (χ0v) is 16.1. The molecule has 0 bridgehead atoms. The molecule has 4 rings (SSSR count). The summed E-state index contributed by atoms with van der Waals surface area (Å²) in [5.41, 5.74) is 1.10. The molecular weight excluding hydrogens is 356 g/mol. The van der Waals surface area contributed by atoms with Crippen LogP contribution in [0, 0.1) is 0 Å². The van der Waals surface area contributed by atoms with E-state index in [1.165, 1.54) is 22.1 Å². The molecule has 2 aromatic carbocycles. The quantitative estimate of drug-likeness (QED) is 0.684. The molecule has 1 aliphatic rings. The van der Waals surface area contributed by atoms with E-state index in [1.807, 2.05) is 36.7 Å². The van der Waals surface area contributed by atoms with E-state index in [9.17, 15) is 9.59 Å². The van der Waals surface area contributed by atoms with E-state index in [-0.39, 0.29) is 17.9 Å². The molecule has 0 saturated carbocycles. The normalized spacial score (nSPS) is 16.6. The monoisotopic (exact) mass is 378 g/mol. The van der Waals surface area contributed by atoms with Crippen molar-refractivity contribution in [2.24, 2.45) is 0 Å². The summed E-state index contributed by atoms with van der Waals surface area (Å²) in [4.78, 5) is 29.9. The molecule has 27 heavy (non-hydrogen) atoms. The Labute approximate surface area is 163 Å². The fourth-order valence-corrected chi connectivity index (χ4v) is 4.43. The summed E-state index contributed by atoms with van der Waals surface area (Å²) < 4.78 is 0. The topological polar surface area (TPSA) is 40.6 Å². The Morgan fingerprint density at radius 3 is 2.70 bits per heavy atom. The Balaban J connectivity index is 1.48. The van der Waals surface area contributed by atoms with Crippen molar-refractivity contribution in [1.82, 2.24) is 9.80 Å². The molecule has 2 heterocycles. The molecule has 0 aliphatic carbocycles. The number of thiophene rings is 1. The minimum Gasteiger partial charge on any atom is -0.340 e. The first kappa shape index (κ1) is 17.7. The van der Waals surface area contributed by atoms with Crippen molar-refractivity contribution in [3.8, 4) is 0 Å².